The molecule has 0 radical (unpaired) electrons. The number of hydrogen-bond donors (Lipinski definition) is 1. The van der Waals surface area contributed by atoms with Crippen LogP contribution in [0.1, 0.15) is 25.7 Å². The average Bonchev–Trinajstić information content (AvgIpc) is 3.13. The van der Waals surface area contributed by atoms with Gasteiger partial charge in [-0.05, 0) is 37.7 Å². The molecule has 4 aliphatic rings. The molecule has 3 aliphatic heterocycles. The number of carbonyl (C=O) groups is 1. The molecule has 0 bridgehead atoms. The molecule has 23 heavy (non-hydrogen) atoms. The Balaban J connectivity index is 0.000000960. The molecule has 7 heteroatoms. The number of hydrazine groups is 1. The van der Waals surface area contributed by atoms with Crippen LogP contribution in [0.15, 0.2) is 28.9 Å². The van der Waals surface area contributed by atoms with E-state index in [1.165, 1.54) is 18.5 Å². The van der Waals surface area contributed by atoms with Gasteiger partial charge < -0.3 is 0 Å². The van der Waals surface area contributed by atoms with Crippen molar-refractivity contribution < 1.29 is 4.79 Å². The van der Waals surface area contributed by atoms with E-state index < -0.39 is 0 Å². The van der Waals surface area contributed by atoms with Gasteiger partial charge in [0.05, 0.1) is 16.4 Å². The molecule has 3 atom stereocenters. The van der Waals surface area contributed by atoms with Crippen LogP contribution in [0.3, 0.4) is 0 Å². The molecule has 4 rings (SSSR count). The summed E-state index contributed by atoms with van der Waals surface area (Å²) in [6.07, 6.45) is 12.8. The first-order valence-electron chi connectivity index (χ1n) is 7.89. The van der Waals surface area contributed by atoms with Gasteiger partial charge in [-0.1, -0.05) is 12.2 Å². The van der Waals surface area contributed by atoms with Gasteiger partial charge in [0.2, 0.25) is 5.91 Å². The van der Waals surface area contributed by atoms with Gasteiger partial charge in [0.25, 0.3) is 0 Å². The summed E-state index contributed by atoms with van der Waals surface area (Å²) in [5.41, 5.74) is 4.31. The normalized spacial score (nSPS) is 34.7. The monoisotopic (exact) mass is 375 g/mol. The maximum Gasteiger partial charge on any atom is 0.238 e. The number of aliphatic imine (C=N–C) groups is 1. The highest BCUT2D eigenvalue weighted by molar-refractivity contribution is 8.01. The van der Waals surface area contributed by atoms with Crippen LogP contribution in [-0.2, 0) is 4.79 Å². The summed E-state index contributed by atoms with van der Waals surface area (Å²) in [7, 11) is 0. The summed E-state index contributed by atoms with van der Waals surface area (Å²) in [6.45, 7) is 1.99. The molecule has 2 fully saturated rings. The van der Waals surface area contributed by atoms with Crippen LogP contribution in [0.4, 0.5) is 0 Å². The zero-order chi connectivity index (χ0) is 14.3. The van der Waals surface area contributed by atoms with Crippen molar-refractivity contribution in [3.05, 3.63) is 23.9 Å². The standard InChI is InChI=1S/C16H21N3OS.2ClH/c20-15(18-19-9-3-4-10-19)12-11-21-16-7-2-1-5-14(16)17-8-6-13(12)16;;/h1-2,5,8,12-13H,3-4,6-7,9-11H2,(H,18,20);2*1H. The summed E-state index contributed by atoms with van der Waals surface area (Å²) in [5, 5.41) is 2.09. The lowest BCUT2D eigenvalue weighted by Crippen LogP contribution is -2.47. The van der Waals surface area contributed by atoms with Crippen LogP contribution in [0, 0.1) is 11.8 Å². The molecule has 0 aromatic heterocycles. The molecule has 1 N–H and O–H groups in total. The van der Waals surface area contributed by atoms with E-state index in [9.17, 15) is 4.79 Å². The maximum atomic E-state index is 12.7. The van der Waals surface area contributed by atoms with Gasteiger partial charge in [-0.15, -0.1) is 36.6 Å². The molecule has 128 valence electrons. The van der Waals surface area contributed by atoms with Gasteiger partial charge >= 0.3 is 0 Å². The summed E-state index contributed by atoms with van der Waals surface area (Å²) in [6, 6.07) is 0. The largest absolute Gasteiger partial charge is 0.289 e. The summed E-state index contributed by atoms with van der Waals surface area (Å²) >= 11 is 1.94. The number of amides is 1. The minimum absolute atomic E-state index is 0. The lowest BCUT2D eigenvalue weighted by Gasteiger charge is -2.39. The highest BCUT2D eigenvalue weighted by Crippen LogP contribution is 2.57. The Morgan fingerprint density at radius 1 is 1.35 bits per heavy atom. The van der Waals surface area contributed by atoms with E-state index in [-0.39, 0.29) is 41.4 Å². The number of nitrogens with zero attached hydrogens (tertiary/aromatic N) is 2. The van der Waals surface area contributed by atoms with E-state index >= 15 is 0 Å². The second-order valence-corrected chi connectivity index (χ2v) is 7.67. The first-order chi connectivity index (χ1) is 10.3. The van der Waals surface area contributed by atoms with Crippen LogP contribution in [0.2, 0.25) is 0 Å². The number of halogens is 2. The predicted octanol–water partition coefficient (Wildman–Crippen LogP) is 2.99. The molecule has 4 nitrogen and oxygen atoms in total. The van der Waals surface area contributed by atoms with E-state index in [0.717, 1.165) is 31.7 Å². The quantitative estimate of drug-likeness (QED) is 0.806. The Morgan fingerprint density at radius 3 is 2.91 bits per heavy atom. The lowest BCUT2D eigenvalue weighted by molar-refractivity contribution is -0.130. The Hall–Kier alpha value is -0.490. The highest BCUT2D eigenvalue weighted by Gasteiger charge is 2.54. The summed E-state index contributed by atoms with van der Waals surface area (Å²) < 4.78 is 0.0521. The molecule has 0 aromatic rings. The second kappa shape index (κ2) is 7.60. The molecule has 3 heterocycles. The lowest BCUT2D eigenvalue weighted by atomic mass is 9.74. The molecule has 1 amide bonds. The smallest absolute Gasteiger partial charge is 0.238 e. The van der Waals surface area contributed by atoms with Crippen molar-refractivity contribution in [1.82, 2.24) is 10.4 Å². The van der Waals surface area contributed by atoms with Gasteiger partial charge in [0.15, 0.2) is 0 Å². The third-order valence-electron chi connectivity index (χ3n) is 5.15. The fourth-order valence-electron chi connectivity index (χ4n) is 4.01. The van der Waals surface area contributed by atoms with Crippen molar-refractivity contribution in [2.75, 3.05) is 18.8 Å². The van der Waals surface area contributed by atoms with Crippen molar-refractivity contribution in [1.29, 1.82) is 0 Å². The third-order valence-corrected chi connectivity index (χ3v) is 6.87. The number of nitrogens with one attached hydrogen (secondary N) is 1. The van der Waals surface area contributed by atoms with E-state index in [0.29, 0.717) is 5.92 Å². The summed E-state index contributed by atoms with van der Waals surface area (Å²) in [4.78, 5) is 17.3. The number of thioether (sulfide) groups is 1. The van der Waals surface area contributed by atoms with Crippen molar-refractivity contribution in [2.45, 2.75) is 30.4 Å². The number of hydrogen-bond acceptors (Lipinski definition) is 4. The minimum Gasteiger partial charge on any atom is -0.289 e. The van der Waals surface area contributed by atoms with Crippen LogP contribution in [0.25, 0.3) is 0 Å². The fourth-order valence-corrected chi connectivity index (χ4v) is 5.82. The first kappa shape index (κ1) is 18.8. The molecule has 0 aromatic carbocycles. The Labute approximate surface area is 154 Å². The van der Waals surface area contributed by atoms with Gasteiger partial charge in [-0.2, -0.15) is 0 Å². The van der Waals surface area contributed by atoms with E-state index in [2.05, 4.69) is 33.7 Å². The fraction of sp³-hybridized carbons (Fsp3) is 0.625. The topological polar surface area (TPSA) is 44.7 Å². The SMILES string of the molecule is Cl.Cl.O=C(NN1CCCC1)C1CSC23CC=CC=C2N=CCC13. The zero-order valence-electron chi connectivity index (χ0n) is 12.9. The first-order valence-corrected chi connectivity index (χ1v) is 8.87. The number of carbonyl (C=O) groups excluding carboxylic acids is 1. The summed E-state index contributed by atoms with van der Waals surface area (Å²) in [5.74, 6) is 1.63. The van der Waals surface area contributed by atoms with E-state index in [1.54, 1.807) is 0 Å². The van der Waals surface area contributed by atoms with Crippen molar-refractivity contribution in [2.24, 2.45) is 16.8 Å². The number of rotatable bonds is 2. The molecular weight excluding hydrogens is 353 g/mol. The molecular formula is C16H23Cl2N3OS. The average molecular weight is 376 g/mol. The zero-order valence-corrected chi connectivity index (χ0v) is 15.4. The van der Waals surface area contributed by atoms with E-state index in [4.69, 9.17) is 0 Å². The Kier molecular flexibility index (Phi) is 6.22. The predicted molar refractivity (Wildman–Crippen MR) is 101 cm³/mol. The highest BCUT2D eigenvalue weighted by atomic mass is 35.5. The molecule has 1 aliphatic carbocycles. The van der Waals surface area contributed by atoms with Crippen molar-refractivity contribution in [3.8, 4) is 0 Å². The Morgan fingerprint density at radius 2 is 2.13 bits per heavy atom. The van der Waals surface area contributed by atoms with Crippen molar-refractivity contribution >= 4 is 48.7 Å². The molecule has 1 spiro atoms. The van der Waals surface area contributed by atoms with Gasteiger partial charge in [0.1, 0.15) is 0 Å². The van der Waals surface area contributed by atoms with E-state index in [1.807, 2.05) is 18.0 Å². The van der Waals surface area contributed by atoms with Gasteiger partial charge in [0, 0.05) is 25.1 Å². The number of allylic oxidation sites excluding steroid dienone is 3. The van der Waals surface area contributed by atoms with Crippen molar-refractivity contribution in [3.63, 3.8) is 0 Å². The molecule has 0 saturated carbocycles. The van der Waals surface area contributed by atoms with Gasteiger partial charge in [-0.3, -0.25) is 15.2 Å². The van der Waals surface area contributed by atoms with Gasteiger partial charge in [-0.25, -0.2) is 5.01 Å². The third kappa shape index (κ3) is 3.21. The van der Waals surface area contributed by atoms with Crippen LogP contribution in [-0.4, -0.2) is 40.7 Å². The second-order valence-electron chi connectivity index (χ2n) is 6.32. The van der Waals surface area contributed by atoms with Crippen LogP contribution in [0.5, 0.6) is 0 Å². The van der Waals surface area contributed by atoms with Crippen LogP contribution >= 0.6 is 36.6 Å². The molecule has 3 unspecified atom stereocenters. The van der Waals surface area contributed by atoms with Crippen LogP contribution < -0.4 is 5.43 Å². The maximum absolute atomic E-state index is 12.7. The minimum atomic E-state index is 0. The molecule has 2 saturated heterocycles. The Bertz CT molecular complexity index is 545.